The molecule has 9 heteroatoms. The van der Waals surface area contributed by atoms with E-state index in [0.717, 1.165) is 42.4 Å². The smallest absolute Gasteiger partial charge is 0.329 e. The molecular formula is C14H16N6O3. The second-order valence-corrected chi connectivity index (χ2v) is 5.31. The fourth-order valence-electron chi connectivity index (χ4n) is 2.42. The van der Waals surface area contributed by atoms with Crippen molar-refractivity contribution in [3.8, 4) is 0 Å². The molecule has 0 spiro atoms. The Hall–Kier alpha value is -2.97. The molecule has 2 N–H and O–H groups in total. The van der Waals surface area contributed by atoms with Gasteiger partial charge in [-0.2, -0.15) is 0 Å². The predicted molar refractivity (Wildman–Crippen MR) is 83.7 cm³/mol. The van der Waals surface area contributed by atoms with Gasteiger partial charge < -0.3 is 10.2 Å². The van der Waals surface area contributed by atoms with Crippen LogP contribution in [0.1, 0.15) is 23.3 Å². The van der Waals surface area contributed by atoms with Crippen molar-refractivity contribution in [1.29, 1.82) is 0 Å². The minimum Gasteiger partial charge on any atom is -0.355 e. The summed E-state index contributed by atoms with van der Waals surface area (Å²) in [5.74, 6) is 0.294. The first-order chi connectivity index (χ1) is 11.0. The van der Waals surface area contributed by atoms with Gasteiger partial charge in [-0.1, -0.05) is 0 Å². The maximum Gasteiger partial charge on any atom is 0.329 e. The summed E-state index contributed by atoms with van der Waals surface area (Å²) >= 11 is 0. The number of amides is 1. The van der Waals surface area contributed by atoms with Gasteiger partial charge in [-0.15, -0.1) is 10.2 Å². The van der Waals surface area contributed by atoms with Crippen LogP contribution in [0.5, 0.6) is 0 Å². The molecule has 0 aliphatic carbocycles. The fourth-order valence-corrected chi connectivity index (χ4v) is 2.42. The van der Waals surface area contributed by atoms with Gasteiger partial charge in [-0.05, 0) is 25.0 Å². The van der Waals surface area contributed by atoms with E-state index >= 15 is 0 Å². The standard InChI is InChI=1S/C14H16N6O3/c1-19-11(8-12(21)16-14(19)23)15-13(22)9-4-5-10(18-17-9)20-6-2-3-7-20/h4-5,8H,2-3,6-7H2,1H3,(H,15,22)(H,16,21,23). The molecule has 0 unspecified atom stereocenters. The molecule has 0 bridgehead atoms. The van der Waals surface area contributed by atoms with E-state index in [2.05, 4.69) is 25.4 Å². The summed E-state index contributed by atoms with van der Waals surface area (Å²) in [6, 6.07) is 4.44. The zero-order chi connectivity index (χ0) is 16.4. The average Bonchev–Trinajstić information content (AvgIpc) is 3.06. The molecule has 0 saturated carbocycles. The van der Waals surface area contributed by atoms with Crippen molar-refractivity contribution >= 4 is 17.5 Å². The molecule has 23 heavy (non-hydrogen) atoms. The van der Waals surface area contributed by atoms with Crippen LogP contribution in [0, 0.1) is 0 Å². The van der Waals surface area contributed by atoms with Gasteiger partial charge >= 0.3 is 5.69 Å². The molecule has 1 fully saturated rings. The maximum absolute atomic E-state index is 12.2. The lowest BCUT2D eigenvalue weighted by Crippen LogP contribution is -2.31. The zero-order valence-electron chi connectivity index (χ0n) is 12.6. The highest BCUT2D eigenvalue weighted by Crippen LogP contribution is 2.16. The van der Waals surface area contributed by atoms with E-state index < -0.39 is 17.2 Å². The zero-order valence-corrected chi connectivity index (χ0v) is 12.6. The normalized spacial score (nSPS) is 14.0. The lowest BCUT2D eigenvalue weighted by molar-refractivity contribution is 0.102. The van der Waals surface area contributed by atoms with Gasteiger partial charge in [0.15, 0.2) is 11.5 Å². The van der Waals surface area contributed by atoms with E-state index in [1.54, 1.807) is 12.1 Å². The first kappa shape index (κ1) is 14.9. The number of hydrogen-bond acceptors (Lipinski definition) is 6. The molecule has 120 valence electrons. The molecular weight excluding hydrogens is 300 g/mol. The van der Waals surface area contributed by atoms with Crippen LogP contribution < -0.4 is 21.5 Å². The number of H-pyrrole nitrogens is 1. The molecule has 1 amide bonds. The maximum atomic E-state index is 12.2. The number of nitrogens with one attached hydrogen (secondary N) is 2. The average molecular weight is 316 g/mol. The van der Waals surface area contributed by atoms with Crippen molar-refractivity contribution in [3.63, 3.8) is 0 Å². The van der Waals surface area contributed by atoms with Crippen LogP contribution in [0.25, 0.3) is 0 Å². The summed E-state index contributed by atoms with van der Waals surface area (Å²) in [6.45, 7) is 1.88. The van der Waals surface area contributed by atoms with Crippen molar-refractivity contribution in [2.45, 2.75) is 12.8 Å². The Balaban J connectivity index is 1.78. The largest absolute Gasteiger partial charge is 0.355 e. The second-order valence-electron chi connectivity index (χ2n) is 5.31. The third-order valence-electron chi connectivity index (χ3n) is 3.72. The summed E-state index contributed by atoms with van der Waals surface area (Å²) in [5, 5.41) is 10.5. The molecule has 1 aliphatic rings. The Kier molecular flexibility index (Phi) is 3.92. The minimum absolute atomic E-state index is 0.0918. The Morgan fingerprint density at radius 3 is 2.61 bits per heavy atom. The minimum atomic E-state index is -0.608. The molecule has 3 heterocycles. The van der Waals surface area contributed by atoms with E-state index in [1.807, 2.05) is 0 Å². The van der Waals surface area contributed by atoms with Crippen molar-refractivity contribution in [2.75, 3.05) is 23.3 Å². The molecule has 9 nitrogen and oxygen atoms in total. The first-order valence-electron chi connectivity index (χ1n) is 7.25. The molecule has 1 saturated heterocycles. The molecule has 3 rings (SSSR count). The van der Waals surface area contributed by atoms with Gasteiger partial charge in [0, 0.05) is 26.2 Å². The molecule has 0 aromatic carbocycles. The highest BCUT2D eigenvalue weighted by atomic mass is 16.2. The van der Waals surface area contributed by atoms with Gasteiger partial charge in [-0.3, -0.25) is 19.1 Å². The number of nitrogens with zero attached hydrogens (tertiary/aromatic N) is 4. The second kappa shape index (κ2) is 6.03. The Morgan fingerprint density at radius 1 is 1.22 bits per heavy atom. The highest BCUT2D eigenvalue weighted by Gasteiger charge is 2.16. The number of aromatic nitrogens is 4. The SMILES string of the molecule is Cn1c(NC(=O)c2ccc(N3CCCC3)nn2)cc(=O)[nH]c1=O. The number of carbonyl (C=O) groups is 1. The van der Waals surface area contributed by atoms with E-state index in [-0.39, 0.29) is 11.5 Å². The van der Waals surface area contributed by atoms with Crippen molar-refractivity contribution in [1.82, 2.24) is 19.7 Å². The third kappa shape index (κ3) is 3.12. The van der Waals surface area contributed by atoms with Crippen molar-refractivity contribution in [3.05, 3.63) is 44.7 Å². The summed E-state index contributed by atoms with van der Waals surface area (Å²) in [6.07, 6.45) is 2.25. The van der Waals surface area contributed by atoms with Gasteiger partial charge in [0.05, 0.1) is 0 Å². The van der Waals surface area contributed by atoms with E-state index in [4.69, 9.17) is 0 Å². The van der Waals surface area contributed by atoms with E-state index in [9.17, 15) is 14.4 Å². The van der Waals surface area contributed by atoms with Crippen LogP contribution >= 0.6 is 0 Å². The highest BCUT2D eigenvalue weighted by molar-refractivity contribution is 6.02. The topological polar surface area (TPSA) is 113 Å². The van der Waals surface area contributed by atoms with Crippen molar-refractivity contribution in [2.24, 2.45) is 7.05 Å². The van der Waals surface area contributed by atoms with Crippen LogP contribution in [0.2, 0.25) is 0 Å². The van der Waals surface area contributed by atoms with Crippen LogP contribution in [0.4, 0.5) is 11.6 Å². The molecule has 1 aliphatic heterocycles. The lowest BCUT2D eigenvalue weighted by atomic mass is 10.3. The number of aromatic amines is 1. The van der Waals surface area contributed by atoms with E-state index in [0.29, 0.717) is 0 Å². The van der Waals surface area contributed by atoms with Crippen LogP contribution in [-0.4, -0.2) is 38.7 Å². The quantitative estimate of drug-likeness (QED) is 0.805. The van der Waals surface area contributed by atoms with Crippen LogP contribution in [-0.2, 0) is 7.05 Å². The molecule has 2 aromatic heterocycles. The van der Waals surface area contributed by atoms with Gasteiger partial charge in [0.25, 0.3) is 11.5 Å². The fraction of sp³-hybridized carbons (Fsp3) is 0.357. The first-order valence-corrected chi connectivity index (χ1v) is 7.25. The van der Waals surface area contributed by atoms with Crippen LogP contribution in [0.3, 0.4) is 0 Å². The third-order valence-corrected chi connectivity index (χ3v) is 3.72. The number of anilines is 2. The number of rotatable bonds is 3. The number of hydrogen-bond donors (Lipinski definition) is 2. The monoisotopic (exact) mass is 316 g/mol. The number of carbonyl (C=O) groups excluding carboxylic acids is 1. The summed E-state index contributed by atoms with van der Waals surface area (Å²) in [7, 11) is 1.44. The Bertz CT molecular complexity index is 833. The summed E-state index contributed by atoms with van der Waals surface area (Å²) in [4.78, 5) is 39.2. The van der Waals surface area contributed by atoms with Gasteiger partial charge in [-0.25, -0.2) is 4.79 Å². The molecule has 2 aromatic rings. The lowest BCUT2D eigenvalue weighted by Gasteiger charge is -2.15. The molecule has 0 atom stereocenters. The van der Waals surface area contributed by atoms with E-state index in [1.165, 1.54) is 7.05 Å². The Labute approximate surface area is 131 Å². The molecule has 0 radical (unpaired) electrons. The van der Waals surface area contributed by atoms with Crippen molar-refractivity contribution < 1.29 is 4.79 Å². The Morgan fingerprint density at radius 2 is 1.96 bits per heavy atom. The summed E-state index contributed by atoms with van der Waals surface area (Å²) in [5.41, 5.74) is -1.08. The van der Waals surface area contributed by atoms with Crippen LogP contribution in [0.15, 0.2) is 27.8 Å². The summed E-state index contributed by atoms with van der Waals surface area (Å²) < 4.78 is 1.13. The van der Waals surface area contributed by atoms with Gasteiger partial charge in [0.1, 0.15) is 5.82 Å². The van der Waals surface area contributed by atoms with Gasteiger partial charge in [0.2, 0.25) is 0 Å². The predicted octanol–water partition coefficient (Wildman–Crippen LogP) is -0.284.